The van der Waals surface area contributed by atoms with Gasteiger partial charge in [0.25, 0.3) is 0 Å². The molecule has 0 atom stereocenters. The summed E-state index contributed by atoms with van der Waals surface area (Å²) in [7, 11) is 0. The summed E-state index contributed by atoms with van der Waals surface area (Å²) in [5, 5.41) is 0. The lowest BCUT2D eigenvalue weighted by Gasteiger charge is -2.13. The molecule has 66 heavy (non-hydrogen) atoms. The average molecular weight is 846 g/mol. The van der Waals surface area contributed by atoms with E-state index < -0.39 is 0 Å². The minimum absolute atomic E-state index is 0.571. The molecule has 0 saturated carbocycles. The fraction of sp³-hybridized carbons (Fsp3) is 0. The first-order valence-electron chi connectivity index (χ1n) is 22.0. The van der Waals surface area contributed by atoms with Crippen LogP contribution in [0.5, 0.6) is 0 Å². The van der Waals surface area contributed by atoms with Crippen LogP contribution in [0, 0.1) is 0 Å². The second-order valence-electron chi connectivity index (χ2n) is 16.2. The summed E-state index contributed by atoms with van der Waals surface area (Å²) in [5.41, 5.74) is 16.9. The summed E-state index contributed by atoms with van der Waals surface area (Å²) in [6, 6.07) is 77.4. The molecule has 0 aliphatic rings. The molecule has 0 saturated heterocycles. The molecule has 12 rings (SSSR count). The van der Waals surface area contributed by atoms with Gasteiger partial charge in [0, 0.05) is 51.3 Å². The molecule has 0 radical (unpaired) electrons. The van der Waals surface area contributed by atoms with E-state index in [4.69, 9.17) is 24.9 Å². The number of hydrogen-bond acceptors (Lipinski definition) is 5. The SMILES string of the molecule is c1ccc(-c2cc(-c3ccccc3)cc(-c3nc(-c4ccc(-c5nc6ccccn6c5-c5ccccc5)cc4)nc(-c4ccc(-c5nc6ccccn6c5-c5ccccc5)cc4)n3)c2)cc1. The van der Waals surface area contributed by atoms with Crippen molar-refractivity contribution in [1.82, 2.24) is 33.7 Å². The molecular formula is C59H39N7. The molecule has 0 aliphatic heterocycles. The molecule has 5 aromatic heterocycles. The van der Waals surface area contributed by atoms with Crippen molar-refractivity contribution in [2.24, 2.45) is 0 Å². The lowest BCUT2D eigenvalue weighted by atomic mass is 9.96. The van der Waals surface area contributed by atoms with Crippen LogP contribution in [0.3, 0.4) is 0 Å². The third kappa shape index (κ3) is 7.20. The lowest BCUT2D eigenvalue weighted by molar-refractivity contribution is 1.07. The number of imidazole rings is 2. The molecule has 0 amide bonds. The predicted octanol–water partition coefficient (Wildman–Crippen LogP) is 14.2. The molecule has 310 valence electrons. The highest BCUT2D eigenvalue weighted by Crippen LogP contribution is 2.37. The third-order valence-electron chi connectivity index (χ3n) is 12.0. The summed E-state index contributed by atoms with van der Waals surface area (Å²) >= 11 is 0. The van der Waals surface area contributed by atoms with Gasteiger partial charge in [-0.3, -0.25) is 8.80 Å². The Balaban J connectivity index is 1.000. The average Bonchev–Trinajstić information content (AvgIpc) is 3.99. The second-order valence-corrected chi connectivity index (χ2v) is 16.2. The van der Waals surface area contributed by atoms with Crippen molar-refractivity contribution in [2.45, 2.75) is 0 Å². The molecule has 0 fully saturated rings. The molecule has 0 unspecified atom stereocenters. The lowest BCUT2D eigenvalue weighted by Crippen LogP contribution is -2.01. The second kappa shape index (κ2) is 16.6. The Kier molecular flexibility index (Phi) is 9.69. The highest BCUT2D eigenvalue weighted by molar-refractivity contribution is 5.85. The Morgan fingerprint density at radius 1 is 0.227 bits per heavy atom. The van der Waals surface area contributed by atoms with Crippen molar-refractivity contribution in [2.75, 3.05) is 0 Å². The minimum atomic E-state index is 0.571. The largest absolute Gasteiger partial charge is 0.299 e. The predicted molar refractivity (Wildman–Crippen MR) is 266 cm³/mol. The Bertz CT molecular complexity index is 3420. The van der Waals surface area contributed by atoms with Gasteiger partial charge in [-0.25, -0.2) is 24.9 Å². The first kappa shape index (κ1) is 38.6. The zero-order valence-electron chi connectivity index (χ0n) is 35.6. The van der Waals surface area contributed by atoms with E-state index in [2.05, 4.69) is 185 Å². The van der Waals surface area contributed by atoms with Crippen molar-refractivity contribution in [1.29, 1.82) is 0 Å². The minimum Gasteiger partial charge on any atom is -0.299 e. The molecule has 0 N–H and O–H groups in total. The van der Waals surface area contributed by atoms with Crippen LogP contribution >= 0.6 is 0 Å². The third-order valence-corrected chi connectivity index (χ3v) is 12.0. The normalized spacial score (nSPS) is 11.3. The van der Waals surface area contributed by atoms with E-state index in [1.165, 1.54) is 0 Å². The van der Waals surface area contributed by atoms with Gasteiger partial charge in [-0.1, -0.05) is 182 Å². The van der Waals surface area contributed by atoms with Crippen LogP contribution in [-0.4, -0.2) is 33.7 Å². The highest BCUT2D eigenvalue weighted by atomic mass is 15.0. The van der Waals surface area contributed by atoms with Gasteiger partial charge in [-0.15, -0.1) is 0 Å². The van der Waals surface area contributed by atoms with Crippen molar-refractivity contribution < 1.29 is 0 Å². The number of rotatable bonds is 9. The van der Waals surface area contributed by atoms with Gasteiger partial charge >= 0.3 is 0 Å². The number of fused-ring (bicyclic) bond motifs is 2. The van der Waals surface area contributed by atoms with Crippen molar-refractivity contribution in [3.63, 3.8) is 0 Å². The highest BCUT2D eigenvalue weighted by Gasteiger charge is 2.20. The molecule has 7 heteroatoms. The van der Waals surface area contributed by atoms with Gasteiger partial charge in [-0.2, -0.15) is 0 Å². The quantitative estimate of drug-likeness (QED) is 0.145. The van der Waals surface area contributed by atoms with Gasteiger partial charge in [0.2, 0.25) is 0 Å². The van der Waals surface area contributed by atoms with Crippen LogP contribution in [0.2, 0.25) is 0 Å². The molecule has 0 bridgehead atoms. The van der Waals surface area contributed by atoms with E-state index in [9.17, 15) is 0 Å². The molecular weight excluding hydrogens is 807 g/mol. The number of hydrogen-bond donors (Lipinski definition) is 0. The van der Waals surface area contributed by atoms with Crippen molar-refractivity contribution in [3.05, 3.63) is 237 Å². The van der Waals surface area contributed by atoms with E-state index in [0.29, 0.717) is 17.5 Å². The first-order valence-corrected chi connectivity index (χ1v) is 22.0. The van der Waals surface area contributed by atoms with E-state index in [1.54, 1.807) is 0 Å². The van der Waals surface area contributed by atoms with Crippen LogP contribution < -0.4 is 0 Å². The van der Waals surface area contributed by atoms with Gasteiger partial charge in [0.15, 0.2) is 17.5 Å². The molecule has 7 nitrogen and oxygen atoms in total. The van der Waals surface area contributed by atoms with Crippen LogP contribution in [0.1, 0.15) is 0 Å². The van der Waals surface area contributed by atoms with Gasteiger partial charge in [-0.05, 0) is 64.7 Å². The van der Waals surface area contributed by atoms with Gasteiger partial charge in [0.1, 0.15) is 11.3 Å². The Morgan fingerprint density at radius 2 is 0.545 bits per heavy atom. The van der Waals surface area contributed by atoms with E-state index in [-0.39, 0.29) is 0 Å². The zero-order valence-corrected chi connectivity index (χ0v) is 35.6. The maximum absolute atomic E-state index is 5.25. The molecule has 5 heterocycles. The molecule has 0 spiro atoms. The van der Waals surface area contributed by atoms with Crippen LogP contribution in [-0.2, 0) is 0 Å². The number of aromatic nitrogens is 7. The van der Waals surface area contributed by atoms with Crippen molar-refractivity contribution >= 4 is 11.3 Å². The van der Waals surface area contributed by atoms with E-state index in [1.807, 2.05) is 60.7 Å². The van der Waals surface area contributed by atoms with Crippen LogP contribution in [0.4, 0.5) is 0 Å². The molecule has 12 aromatic rings. The zero-order chi connectivity index (χ0) is 43.8. The smallest absolute Gasteiger partial charge is 0.164 e. The van der Waals surface area contributed by atoms with Gasteiger partial charge < -0.3 is 0 Å². The summed E-state index contributed by atoms with van der Waals surface area (Å²) in [6.45, 7) is 0. The number of pyridine rings is 2. The maximum Gasteiger partial charge on any atom is 0.164 e. The standard InChI is InChI=1S/C59H39N7/c1-5-17-40(18-6-1)48-37-49(41-19-7-2-8-20-41)39-50(38-48)59-63-57(46-31-27-42(28-32-46)53-55(44-21-9-3-10-22-44)65-35-15-13-25-51(65)60-53)62-58(64-59)47-33-29-43(30-34-47)54-56(45-23-11-4-12-24-45)66-36-16-14-26-52(66)61-54/h1-39H. The first-order chi connectivity index (χ1) is 32.7. The fourth-order valence-electron chi connectivity index (χ4n) is 8.81. The summed E-state index contributed by atoms with van der Waals surface area (Å²) in [5.74, 6) is 1.72. The fourth-order valence-corrected chi connectivity index (χ4v) is 8.81. The van der Waals surface area contributed by atoms with Crippen LogP contribution in [0.25, 0.3) is 113 Å². The Morgan fingerprint density at radius 3 is 0.939 bits per heavy atom. The topological polar surface area (TPSA) is 73.3 Å². The van der Waals surface area contributed by atoms with E-state index in [0.717, 1.165) is 95.3 Å². The van der Waals surface area contributed by atoms with Crippen molar-refractivity contribution in [3.8, 4) is 101 Å². The summed E-state index contributed by atoms with van der Waals surface area (Å²) < 4.78 is 4.30. The Hall–Kier alpha value is -9.07. The van der Waals surface area contributed by atoms with E-state index >= 15 is 0 Å². The molecule has 7 aromatic carbocycles. The number of nitrogens with zero attached hydrogens (tertiary/aromatic N) is 7. The van der Waals surface area contributed by atoms with Crippen LogP contribution in [0.15, 0.2) is 237 Å². The summed E-state index contributed by atoms with van der Waals surface area (Å²) in [6.07, 6.45) is 4.14. The Labute approximate surface area is 381 Å². The molecule has 0 aliphatic carbocycles. The van der Waals surface area contributed by atoms with Gasteiger partial charge in [0.05, 0.1) is 22.8 Å². The maximum atomic E-state index is 5.25. The summed E-state index contributed by atoms with van der Waals surface area (Å²) in [4.78, 5) is 25.9. The number of benzene rings is 7. The monoisotopic (exact) mass is 845 g/mol.